The molecule has 16 heavy (non-hydrogen) atoms. The zero-order valence-corrected chi connectivity index (χ0v) is 10.7. The predicted molar refractivity (Wildman–Crippen MR) is 66.4 cm³/mol. The lowest BCUT2D eigenvalue weighted by atomic mass is 9.77. The molecule has 2 N–H and O–H groups in total. The van der Waals surface area contributed by atoms with Gasteiger partial charge in [0.1, 0.15) is 0 Å². The van der Waals surface area contributed by atoms with E-state index in [-0.39, 0.29) is 5.54 Å². The normalized spacial score (nSPS) is 28.5. The van der Waals surface area contributed by atoms with E-state index in [4.69, 9.17) is 10.5 Å². The fourth-order valence-corrected chi connectivity index (χ4v) is 3.58. The maximum Gasteiger partial charge on any atom is 0.0469 e. The van der Waals surface area contributed by atoms with Crippen LogP contribution in [-0.4, -0.2) is 43.8 Å². The van der Waals surface area contributed by atoms with Gasteiger partial charge >= 0.3 is 0 Å². The van der Waals surface area contributed by atoms with Crippen molar-refractivity contribution < 1.29 is 4.74 Å². The van der Waals surface area contributed by atoms with Crippen molar-refractivity contribution in [3.05, 3.63) is 0 Å². The molecule has 0 radical (unpaired) electrons. The third kappa shape index (κ3) is 2.13. The molecule has 1 heterocycles. The molecule has 0 aromatic carbocycles. The number of nitrogens with zero attached hydrogens (tertiary/aromatic N) is 1. The van der Waals surface area contributed by atoms with Gasteiger partial charge in [-0.2, -0.15) is 0 Å². The highest BCUT2D eigenvalue weighted by Gasteiger charge is 2.44. The Balaban J connectivity index is 2.07. The fraction of sp³-hybridized carbons (Fsp3) is 1.00. The van der Waals surface area contributed by atoms with E-state index in [1.807, 2.05) is 0 Å². The first kappa shape index (κ1) is 12.3. The molecule has 1 saturated carbocycles. The highest BCUT2D eigenvalue weighted by Crippen LogP contribution is 2.40. The van der Waals surface area contributed by atoms with Crippen molar-refractivity contribution >= 4 is 0 Å². The SMILES string of the molecule is CN(C)C1(C(N)C2CCOCC2)CCCC1. The minimum absolute atomic E-state index is 0.266. The van der Waals surface area contributed by atoms with Crippen LogP contribution in [-0.2, 0) is 4.74 Å². The quantitative estimate of drug-likeness (QED) is 0.794. The molecule has 1 aliphatic carbocycles. The van der Waals surface area contributed by atoms with Gasteiger partial charge < -0.3 is 15.4 Å². The molecule has 0 aromatic heterocycles. The minimum atomic E-state index is 0.266. The fourth-order valence-electron chi connectivity index (χ4n) is 3.58. The average Bonchev–Trinajstić information content (AvgIpc) is 2.79. The Morgan fingerprint density at radius 2 is 1.75 bits per heavy atom. The highest BCUT2D eigenvalue weighted by atomic mass is 16.5. The molecule has 1 unspecified atom stereocenters. The summed E-state index contributed by atoms with van der Waals surface area (Å²) >= 11 is 0. The Morgan fingerprint density at radius 1 is 1.19 bits per heavy atom. The maximum absolute atomic E-state index is 6.59. The van der Waals surface area contributed by atoms with E-state index in [0.29, 0.717) is 12.0 Å². The van der Waals surface area contributed by atoms with Crippen molar-refractivity contribution in [2.45, 2.75) is 50.1 Å². The molecule has 2 fully saturated rings. The number of likely N-dealkylation sites (N-methyl/N-ethyl adjacent to an activating group) is 1. The van der Waals surface area contributed by atoms with Crippen LogP contribution in [0.15, 0.2) is 0 Å². The van der Waals surface area contributed by atoms with Gasteiger partial charge in [0.25, 0.3) is 0 Å². The first-order chi connectivity index (χ1) is 7.67. The third-order valence-electron chi connectivity index (χ3n) is 4.75. The molecule has 0 aromatic rings. The average molecular weight is 226 g/mol. The van der Waals surface area contributed by atoms with E-state index >= 15 is 0 Å². The van der Waals surface area contributed by atoms with Gasteiger partial charge in [0.05, 0.1) is 0 Å². The van der Waals surface area contributed by atoms with Gasteiger partial charge in [-0.25, -0.2) is 0 Å². The Hall–Kier alpha value is -0.120. The maximum atomic E-state index is 6.59. The first-order valence-electron chi connectivity index (χ1n) is 6.67. The lowest BCUT2D eigenvalue weighted by Crippen LogP contribution is -2.59. The van der Waals surface area contributed by atoms with Gasteiger partial charge in [-0.1, -0.05) is 12.8 Å². The number of nitrogens with two attached hydrogens (primary N) is 1. The topological polar surface area (TPSA) is 38.5 Å². The predicted octanol–water partition coefficient (Wildman–Crippen LogP) is 1.61. The number of ether oxygens (including phenoxy) is 1. The van der Waals surface area contributed by atoms with E-state index < -0.39 is 0 Å². The number of hydrogen-bond donors (Lipinski definition) is 1. The Labute approximate surface area is 99.3 Å². The van der Waals surface area contributed by atoms with Gasteiger partial charge in [0, 0.05) is 24.8 Å². The molecule has 1 atom stereocenters. The van der Waals surface area contributed by atoms with Crippen molar-refractivity contribution in [1.82, 2.24) is 4.90 Å². The van der Waals surface area contributed by atoms with Gasteiger partial charge in [-0.15, -0.1) is 0 Å². The number of hydrogen-bond acceptors (Lipinski definition) is 3. The molecule has 3 nitrogen and oxygen atoms in total. The second-order valence-corrected chi connectivity index (χ2v) is 5.68. The van der Waals surface area contributed by atoms with E-state index in [1.165, 1.54) is 25.7 Å². The summed E-state index contributed by atoms with van der Waals surface area (Å²) in [5.74, 6) is 0.661. The summed E-state index contributed by atoms with van der Waals surface area (Å²) in [6, 6.07) is 0.328. The van der Waals surface area contributed by atoms with Crippen LogP contribution < -0.4 is 5.73 Å². The largest absolute Gasteiger partial charge is 0.381 e. The van der Waals surface area contributed by atoms with Crippen molar-refractivity contribution in [2.75, 3.05) is 27.3 Å². The molecule has 0 bridgehead atoms. The van der Waals surface area contributed by atoms with E-state index in [1.54, 1.807) is 0 Å². The molecule has 0 amide bonds. The van der Waals surface area contributed by atoms with Gasteiger partial charge in [0.2, 0.25) is 0 Å². The minimum Gasteiger partial charge on any atom is -0.381 e. The lowest BCUT2D eigenvalue weighted by molar-refractivity contribution is 0.0216. The van der Waals surface area contributed by atoms with Gasteiger partial charge in [-0.3, -0.25) is 0 Å². The molecule has 1 saturated heterocycles. The van der Waals surface area contributed by atoms with Crippen LogP contribution in [0.25, 0.3) is 0 Å². The molecule has 2 rings (SSSR count). The second kappa shape index (κ2) is 5.03. The summed E-state index contributed by atoms with van der Waals surface area (Å²) in [5, 5.41) is 0. The summed E-state index contributed by atoms with van der Waals surface area (Å²) in [6.07, 6.45) is 7.54. The first-order valence-corrected chi connectivity index (χ1v) is 6.67. The van der Waals surface area contributed by atoms with Crippen LogP contribution >= 0.6 is 0 Å². The van der Waals surface area contributed by atoms with Crippen molar-refractivity contribution in [3.8, 4) is 0 Å². The number of rotatable bonds is 3. The molecule has 2 aliphatic rings. The lowest BCUT2D eigenvalue weighted by Gasteiger charge is -2.45. The zero-order chi connectivity index (χ0) is 11.6. The van der Waals surface area contributed by atoms with E-state index in [9.17, 15) is 0 Å². The monoisotopic (exact) mass is 226 g/mol. The Kier molecular flexibility index (Phi) is 3.88. The van der Waals surface area contributed by atoms with Crippen LogP contribution in [0.4, 0.5) is 0 Å². The summed E-state index contributed by atoms with van der Waals surface area (Å²) in [4.78, 5) is 2.39. The van der Waals surface area contributed by atoms with Crippen LogP contribution in [0.1, 0.15) is 38.5 Å². The zero-order valence-electron chi connectivity index (χ0n) is 10.7. The van der Waals surface area contributed by atoms with E-state index in [0.717, 1.165) is 26.1 Å². The van der Waals surface area contributed by atoms with Crippen molar-refractivity contribution in [1.29, 1.82) is 0 Å². The summed E-state index contributed by atoms with van der Waals surface area (Å²) in [6.45, 7) is 1.81. The van der Waals surface area contributed by atoms with Crippen LogP contribution in [0.3, 0.4) is 0 Å². The van der Waals surface area contributed by atoms with E-state index in [2.05, 4.69) is 19.0 Å². The second-order valence-electron chi connectivity index (χ2n) is 5.68. The van der Waals surface area contributed by atoms with Crippen molar-refractivity contribution in [3.63, 3.8) is 0 Å². The van der Waals surface area contributed by atoms with Crippen LogP contribution in [0.5, 0.6) is 0 Å². The molecule has 1 aliphatic heterocycles. The van der Waals surface area contributed by atoms with Crippen LogP contribution in [0, 0.1) is 5.92 Å². The third-order valence-corrected chi connectivity index (χ3v) is 4.75. The Bertz CT molecular complexity index is 218. The molecular formula is C13H26N2O. The smallest absolute Gasteiger partial charge is 0.0469 e. The summed E-state index contributed by atoms with van der Waals surface area (Å²) in [7, 11) is 4.40. The molecule has 3 heteroatoms. The van der Waals surface area contributed by atoms with Crippen molar-refractivity contribution in [2.24, 2.45) is 11.7 Å². The Morgan fingerprint density at radius 3 is 2.25 bits per heavy atom. The summed E-state index contributed by atoms with van der Waals surface area (Å²) < 4.78 is 5.44. The standard InChI is InChI=1S/C13H26N2O/c1-15(2)13(7-3-4-8-13)12(14)11-5-9-16-10-6-11/h11-12H,3-10,14H2,1-2H3. The molecule has 0 spiro atoms. The molecular weight excluding hydrogens is 200 g/mol. The van der Waals surface area contributed by atoms with Gasteiger partial charge in [0.15, 0.2) is 0 Å². The highest BCUT2D eigenvalue weighted by molar-refractivity contribution is 5.03. The summed E-state index contributed by atoms with van der Waals surface area (Å²) in [5.41, 5.74) is 6.86. The van der Waals surface area contributed by atoms with Gasteiger partial charge in [-0.05, 0) is 45.7 Å². The van der Waals surface area contributed by atoms with Crippen LogP contribution in [0.2, 0.25) is 0 Å². The molecule has 94 valence electrons.